The second kappa shape index (κ2) is 7.46. The maximum Gasteiger partial charge on any atom is 0.303 e. The highest BCUT2D eigenvalue weighted by atomic mass is 35.5. The first-order valence-corrected chi connectivity index (χ1v) is 8.29. The van der Waals surface area contributed by atoms with Crippen molar-refractivity contribution in [2.24, 2.45) is 0 Å². The van der Waals surface area contributed by atoms with Crippen molar-refractivity contribution in [2.75, 3.05) is 6.54 Å². The fourth-order valence-corrected chi connectivity index (χ4v) is 3.66. The van der Waals surface area contributed by atoms with E-state index < -0.39 is 5.97 Å². The number of aliphatic carboxylic acids is 1. The van der Waals surface area contributed by atoms with Gasteiger partial charge in [-0.3, -0.25) is 14.5 Å². The van der Waals surface area contributed by atoms with E-state index in [-0.39, 0.29) is 18.9 Å². The molecule has 1 aromatic rings. The lowest BCUT2D eigenvalue weighted by atomic mass is 10.2. The zero-order valence-corrected chi connectivity index (χ0v) is 14.4. The molecule has 0 bridgehead atoms. The third-order valence-corrected chi connectivity index (χ3v) is 4.96. The minimum Gasteiger partial charge on any atom is -0.481 e. The smallest absolute Gasteiger partial charge is 0.303 e. The lowest BCUT2D eigenvalue weighted by molar-refractivity contribution is -0.137. The molecule has 8 heteroatoms. The Labute approximate surface area is 147 Å². The van der Waals surface area contributed by atoms with Gasteiger partial charge in [-0.25, -0.2) is 0 Å². The van der Waals surface area contributed by atoms with E-state index in [0.29, 0.717) is 31.3 Å². The van der Waals surface area contributed by atoms with Gasteiger partial charge in [-0.15, -0.1) is 0 Å². The van der Waals surface area contributed by atoms with E-state index in [0.717, 1.165) is 11.8 Å². The summed E-state index contributed by atoms with van der Waals surface area (Å²) in [6, 6.07) is 5.10. The van der Waals surface area contributed by atoms with E-state index in [2.05, 4.69) is 0 Å². The second-order valence-electron chi connectivity index (χ2n) is 4.47. The number of carbonyl (C=O) groups excluding carboxylic acids is 1. The minimum absolute atomic E-state index is 0.00749. The first-order chi connectivity index (χ1) is 10.4. The van der Waals surface area contributed by atoms with Crippen molar-refractivity contribution in [3.8, 4) is 0 Å². The van der Waals surface area contributed by atoms with E-state index >= 15 is 0 Å². The normalized spacial score (nSPS) is 16.6. The largest absolute Gasteiger partial charge is 0.481 e. The average Bonchev–Trinajstić information content (AvgIpc) is 2.70. The van der Waals surface area contributed by atoms with E-state index in [4.69, 9.17) is 40.5 Å². The molecule has 116 valence electrons. The predicted octanol–water partition coefficient (Wildman–Crippen LogP) is 4.06. The van der Waals surface area contributed by atoms with Gasteiger partial charge in [0.15, 0.2) is 0 Å². The van der Waals surface area contributed by atoms with E-state index in [1.807, 2.05) is 0 Å². The van der Waals surface area contributed by atoms with Crippen LogP contribution in [0.1, 0.15) is 18.4 Å². The summed E-state index contributed by atoms with van der Waals surface area (Å²) in [6.45, 7) is 0.282. The number of hydrogen-bond donors (Lipinski definition) is 1. The van der Waals surface area contributed by atoms with Crippen molar-refractivity contribution in [2.45, 2.75) is 12.8 Å². The Kier molecular flexibility index (Phi) is 5.86. The molecule has 1 aromatic carbocycles. The van der Waals surface area contributed by atoms with Gasteiger partial charge >= 0.3 is 5.97 Å². The van der Waals surface area contributed by atoms with E-state index in [9.17, 15) is 9.59 Å². The summed E-state index contributed by atoms with van der Waals surface area (Å²) >= 11 is 18.5. The van der Waals surface area contributed by atoms with Crippen LogP contribution in [0, 0.1) is 0 Å². The number of carboxylic acid groups (broad SMARTS) is 1. The molecular weight excluding hydrogens is 365 g/mol. The lowest BCUT2D eigenvalue weighted by Gasteiger charge is -2.13. The molecule has 0 radical (unpaired) electrons. The molecule has 1 aliphatic rings. The van der Waals surface area contributed by atoms with Gasteiger partial charge in [0.2, 0.25) is 0 Å². The van der Waals surface area contributed by atoms with Crippen molar-refractivity contribution in [1.82, 2.24) is 4.90 Å². The Morgan fingerprint density at radius 1 is 1.36 bits per heavy atom. The summed E-state index contributed by atoms with van der Waals surface area (Å²) in [4.78, 5) is 24.7. The SMILES string of the molecule is O=C(O)CCCN1C(=O)C(=Cc2c(Cl)cccc2Cl)SC1=S. The minimum atomic E-state index is -0.899. The zero-order chi connectivity index (χ0) is 16.3. The Bertz CT molecular complexity index is 656. The van der Waals surface area contributed by atoms with E-state index in [1.165, 1.54) is 4.90 Å². The molecule has 0 atom stereocenters. The Balaban J connectivity index is 2.17. The summed E-state index contributed by atoms with van der Waals surface area (Å²) in [6.07, 6.45) is 1.95. The second-order valence-corrected chi connectivity index (χ2v) is 6.96. The summed E-state index contributed by atoms with van der Waals surface area (Å²) in [7, 11) is 0. The van der Waals surface area contributed by atoms with Gasteiger partial charge in [0.1, 0.15) is 4.32 Å². The molecule has 0 unspecified atom stereocenters. The van der Waals surface area contributed by atoms with Gasteiger partial charge in [-0.2, -0.15) is 0 Å². The van der Waals surface area contributed by atoms with Gasteiger partial charge in [0, 0.05) is 28.6 Å². The average molecular weight is 376 g/mol. The molecule has 4 nitrogen and oxygen atoms in total. The first-order valence-electron chi connectivity index (χ1n) is 6.31. The van der Waals surface area contributed by atoms with Gasteiger partial charge in [0.25, 0.3) is 5.91 Å². The summed E-state index contributed by atoms with van der Waals surface area (Å²) in [5.41, 5.74) is 0.567. The highest BCUT2D eigenvalue weighted by Crippen LogP contribution is 2.35. The molecule has 0 aromatic heterocycles. The molecule has 0 aliphatic carbocycles. The lowest BCUT2D eigenvalue weighted by Crippen LogP contribution is -2.29. The standard InChI is InChI=1S/C14H11Cl2NO3S2/c15-9-3-1-4-10(16)8(9)7-11-13(20)17(14(21)22-11)6-2-5-12(18)19/h1,3-4,7H,2,5-6H2,(H,18,19). The molecule has 1 heterocycles. The third kappa shape index (κ3) is 4.01. The topological polar surface area (TPSA) is 57.6 Å². The summed E-state index contributed by atoms with van der Waals surface area (Å²) < 4.78 is 0.407. The van der Waals surface area contributed by atoms with Crippen molar-refractivity contribution in [3.05, 3.63) is 38.7 Å². The fourth-order valence-electron chi connectivity index (χ4n) is 1.86. The van der Waals surface area contributed by atoms with Gasteiger partial charge in [-0.1, -0.05) is 53.2 Å². The predicted molar refractivity (Wildman–Crippen MR) is 93.2 cm³/mol. The number of rotatable bonds is 5. The number of halogens is 2. The number of carbonyl (C=O) groups is 2. The monoisotopic (exact) mass is 375 g/mol. The van der Waals surface area contributed by atoms with Gasteiger partial charge < -0.3 is 5.11 Å². The van der Waals surface area contributed by atoms with Crippen LogP contribution in [0.3, 0.4) is 0 Å². The summed E-state index contributed by atoms with van der Waals surface area (Å²) in [5.74, 6) is -1.15. The van der Waals surface area contributed by atoms with E-state index in [1.54, 1.807) is 24.3 Å². The zero-order valence-electron chi connectivity index (χ0n) is 11.2. The number of nitrogens with zero attached hydrogens (tertiary/aromatic N) is 1. The molecule has 1 fully saturated rings. The molecule has 2 rings (SSSR count). The highest BCUT2D eigenvalue weighted by molar-refractivity contribution is 8.26. The molecule has 0 spiro atoms. The number of thioether (sulfide) groups is 1. The van der Waals surface area contributed by atoms with Crippen molar-refractivity contribution >= 4 is 69.5 Å². The van der Waals surface area contributed by atoms with Crippen molar-refractivity contribution < 1.29 is 14.7 Å². The van der Waals surface area contributed by atoms with Crippen LogP contribution >= 0.6 is 47.2 Å². The molecular formula is C14H11Cl2NO3S2. The van der Waals surface area contributed by atoms with Gasteiger partial charge in [0.05, 0.1) is 4.91 Å². The Hall–Kier alpha value is -1.08. The maximum atomic E-state index is 12.3. The molecule has 22 heavy (non-hydrogen) atoms. The number of carboxylic acids is 1. The molecule has 1 aliphatic heterocycles. The Morgan fingerprint density at radius 3 is 2.59 bits per heavy atom. The maximum absolute atomic E-state index is 12.3. The molecule has 1 saturated heterocycles. The van der Waals surface area contributed by atoms with Crippen LogP contribution < -0.4 is 0 Å². The van der Waals surface area contributed by atoms with Crippen molar-refractivity contribution in [1.29, 1.82) is 0 Å². The number of hydrogen-bond acceptors (Lipinski definition) is 4. The first kappa shape index (κ1) is 17.3. The summed E-state index contributed by atoms with van der Waals surface area (Å²) in [5, 5.41) is 9.54. The van der Waals surface area contributed by atoms with Crippen LogP contribution in [0.2, 0.25) is 10.0 Å². The van der Waals surface area contributed by atoms with Crippen LogP contribution in [0.15, 0.2) is 23.1 Å². The van der Waals surface area contributed by atoms with Gasteiger partial charge in [-0.05, 0) is 24.6 Å². The van der Waals surface area contributed by atoms with Crippen LogP contribution in [0.5, 0.6) is 0 Å². The highest BCUT2D eigenvalue weighted by Gasteiger charge is 2.31. The quantitative estimate of drug-likeness (QED) is 0.621. The Morgan fingerprint density at radius 2 is 2.00 bits per heavy atom. The molecule has 0 saturated carbocycles. The molecule has 1 amide bonds. The number of benzene rings is 1. The van der Waals surface area contributed by atoms with Crippen LogP contribution in [-0.4, -0.2) is 32.7 Å². The van der Waals surface area contributed by atoms with Crippen LogP contribution in [-0.2, 0) is 9.59 Å². The number of thiocarbonyl (C=S) groups is 1. The van der Waals surface area contributed by atoms with Crippen LogP contribution in [0.25, 0.3) is 6.08 Å². The van der Waals surface area contributed by atoms with Crippen LogP contribution in [0.4, 0.5) is 0 Å². The molecule has 1 N–H and O–H groups in total. The third-order valence-electron chi connectivity index (χ3n) is 2.92. The fraction of sp³-hybridized carbons (Fsp3) is 0.214. The van der Waals surface area contributed by atoms with Crippen molar-refractivity contribution in [3.63, 3.8) is 0 Å². The number of amides is 1.